The zero-order chi connectivity index (χ0) is 14.8. The Morgan fingerprint density at radius 3 is 2.53 bits per heavy atom. The molecule has 0 aliphatic carbocycles. The predicted octanol–water partition coefficient (Wildman–Crippen LogP) is 2.03. The van der Waals surface area contributed by atoms with Gasteiger partial charge >= 0.3 is 11.9 Å². The molecule has 7 nitrogen and oxygen atoms in total. The van der Waals surface area contributed by atoms with Gasteiger partial charge in [0, 0.05) is 6.04 Å². The Labute approximate surface area is 106 Å². The van der Waals surface area contributed by atoms with E-state index >= 15 is 0 Å². The number of nitrogen functional groups attached to an aromatic ring is 1. The van der Waals surface area contributed by atoms with Crippen molar-refractivity contribution in [1.29, 1.82) is 0 Å². The highest BCUT2D eigenvalue weighted by molar-refractivity contribution is 5.60. The lowest BCUT2D eigenvalue weighted by Gasteiger charge is -2.16. The van der Waals surface area contributed by atoms with Gasteiger partial charge in [-0.3, -0.25) is 10.1 Å². The van der Waals surface area contributed by atoms with Crippen molar-refractivity contribution in [3.05, 3.63) is 15.8 Å². The van der Waals surface area contributed by atoms with E-state index in [4.69, 9.17) is 5.73 Å². The SMILES string of the molecule is Cc1nc(N)nc(NC(C)CC(F)(F)F)c1[N+](=O)[O-]. The number of aromatic nitrogens is 2. The number of alkyl halides is 3. The van der Waals surface area contributed by atoms with Crippen molar-refractivity contribution >= 4 is 17.5 Å². The molecule has 0 spiro atoms. The van der Waals surface area contributed by atoms with E-state index in [2.05, 4.69) is 15.3 Å². The summed E-state index contributed by atoms with van der Waals surface area (Å²) in [4.78, 5) is 17.2. The molecule has 0 saturated heterocycles. The molecule has 1 rings (SSSR count). The summed E-state index contributed by atoms with van der Waals surface area (Å²) >= 11 is 0. The van der Waals surface area contributed by atoms with E-state index in [1.807, 2.05) is 0 Å². The van der Waals surface area contributed by atoms with Gasteiger partial charge in [0.25, 0.3) is 0 Å². The first-order valence-electron chi connectivity index (χ1n) is 5.22. The minimum absolute atomic E-state index is 0.0146. The molecule has 0 radical (unpaired) electrons. The number of hydrogen-bond donors (Lipinski definition) is 2. The summed E-state index contributed by atoms with van der Waals surface area (Å²) < 4.78 is 36.6. The number of nitrogens with zero attached hydrogens (tertiary/aromatic N) is 3. The second kappa shape index (κ2) is 5.24. The lowest BCUT2D eigenvalue weighted by Crippen LogP contribution is -2.25. The molecule has 0 amide bonds. The van der Waals surface area contributed by atoms with E-state index in [0.29, 0.717) is 0 Å². The van der Waals surface area contributed by atoms with Crippen molar-refractivity contribution < 1.29 is 18.1 Å². The maximum absolute atomic E-state index is 12.2. The van der Waals surface area contributed by atoms with Gasteiger partial charge in [-0.05, 0) is 13.8 Å². The summed E-state index contributed by atoms with van der Waals surface area (Å²) in [6.45, 7) is 2.57. The molecule has 1 aromatic rings. The van der Waals surface area contributed by atoms with Crippen molar-refractivity contribution in [2.45, 2.75) is 32.5 Å². The number of aryl methyl sites for hydroxylation is 1. The number of nitro groups is 1. The third-order valence-electron chi connectivity index (χ3n) is 2.18. The van der Waals surface area contributed by atoms with Crippen LogP contribution in [-0.2, 0) is 0 Å². The number of rotatable bonds is 4. The van der Waals surface area contributed by atoms with Gasteiger partial charge in [0.05, 0.1) is 11.3 Å². The van der Waals surface area contributed by atoms with E-state index < -0.39 is 29.2 Å². The van der Waals surface area contributed by atoms with Gasteiger partial charge in [-0.15, -0.1) is 0 Å². The molecule has 0 aliphatic heterocycles. The smallest absolute Gasteiger partial charge is 0.368 e. The van der Waals surface area contributed by atoms with Crippen LogP contribution in [0.25, 0.3) is 0 Å². The van der Waals surface area contributed by atoms with E-state index in [-0.39, 0.29) is 17.5 Å². The van der Waals surface area contributed by atoms with E-state index in [0.717, 1.165) is 0 Å². The first kappa shape index (κ1) is 14.9. The fourth-order valence-electron chi connectivity index (χ4n) is 1.54. The normalized spacial score (nSPS) is 13.1. The van der Waals surface area contributed by atoms with Crippen LogP contribution >= 0.6 is 0 Å². The van der Waals surface area contributed by atoms with E-state index in [1.165, 1.54) is 13.8 Å². The summed E-state index contributed by atoms with van der Waals surface area (Å²) in [6, 6.07) is -1.08. The Bertz CT molecular complexity index is 491. The average Bonchev–Trinajstić information content (AvgIpc) is 2.10. The zero-order valence-electron chi connectivity index (χ0n) is 10.2. The molecular weight excluding hydrogens is 267 g/mol. The fourth-order valence-corrected chi connectivity index (χ4v) is 1.54. The molecule has 0 aromatic carbocycles. The second-order valence-corrected chi connectivity index (χ2v) is 3.99. The van der Waals surface area contributed by atoms with Crippen molar-refractivity contribution in [1.82, 2.24) is 9.97 Å². The van der Waals surface area contributed by atoms with Crippen LogP contribution in [0.5, 0.6) is 0 Å². The fraction of sp³-hybridized carbons (Fsp3) is 0.556. The molecule has 0 aliphatic rings. The number of anilines is 2. The minimum Gasteiger partial charge on any atom is -0.368 e. The molecule has 1 heterocycles. The summed E-state index contributed by atoms with van der Waals surface area (Å²) in [5.41, 5.74) is 4.83. The van der Waals surface area contributed by atoms with E-state index in [1.54, 1.807) is 0 Å². The van der Waals surface area contributed by atoms with Crippen LogP contribution in [0.4, 0.5) is 30.6 Å². The molecule has 1 aromatic heterocycles. The maximum Gasteiger partial charge on any atom is 0.391 e. The quantitative estimate of drug-likeness (QED) is 0.645. The van der Waals surface area contributed by atoms with Gasteiger partial charge < -0.3 is 11.1 Å². The second-order valence-electron chi connectivity index (χ2n) is 3.99. The summed E-state index contributed by atoms with van der Waals surface area (Å²) in [6.07, 6.45) is -5.53. The van der Waals surface area contributed by atoms with Gasteiger partial charge in [0.2, 0.25) is 11.8 Å². The van der Waals surface area contributed by atoms with Crippen molar-refractivity contribution in [2.24, 2.45) is 0 Å². The average molecular weight is 279 g/mol. The minimum atomic E-state index is -4.38. The van der Waals surface area contributed by atoms with Gasteiger partial charge in [0.15, 0.2) is 0 Å². The monoisotopic (exact) mass is 279 g/mol. The molecule has 1 atom stereocenters. The van der Waals surface area contributed by atoms with Gasteiger partial charge in [-0.25, -0.2) is 4.98 Å². The van der Waals surface area contributed by atoms with Crippen molar-refractivity contribution in [2.75, 3.05) is 11.1 Å². The number of halogens is 3. The summed E-state index contributed by atoms with van der Waals surface area (Å²) in [5.74, 6) is -0.559. The number of hydrogen-bond acceptors (Lipinski definition) is 6. The van der Waals surface area contributed by atoms with Crippen LogP contribution < -0.4 is 11.1 Å². The lowest BCUT2D eigenvalue weighted by molar-refractivity contribution is -0.385. The van der Waals surface area contributed by atoms with Gasteiger partial charge in [-0.1, -0.05) is 0 Å². The summed E-state index contributed by atoms with van der Waals surface area (Å²) in [7, 11) is 0. The van der Waals surface area contributed by atoms with Crippen LogP contribution in [-0.4, -0.2) is 27.1 Å². The highest BCUT2D eigenvalue weighted by atomic mass is 19.4. The topological polar surface area (TPSA) is 107 Å². The van der Waals surface area contributed by atoms with Crippen LogP contribution in [0, 0.1) is 17.0 Å². The van der Waals surface area contributed by atoms with Crippen molar-refractivity contribution in [3.63, 3.8) is 0 Å². The van der Waals surface area contributed by atoms with Gasteiger partial charge in [-0.2, -0.15) is 18.2 Å². The van der Waals surface area contributed by atoms with Crippen LogP contribution in [0.15, 0.2) is 0 Å². The Kier molecular flexibility index (Phi) is 4.12. The Morgan fingerprint density at radius 1 is 1.47 bits per heavy atom. The van der Waals surface area contributed by atoms with E-state index in [9.17, 15) is 23.3 Å². The van der Waals surface area contributed by atoms with Gasteiger partial charge in [0.1, 0.15) is 5.69 Å². The largest absolute Gasteiger partial charge is 0.391 e. The molecule has 10 heteroatoms. The predicted molar refractivity (Wildman–Crippen MR) is 61.6 cm³/mol. The third kappa shape index (κ3) is 4.23. The molecule has 0 fully saturated rings. The molecular formula is C9H12F3N5O2. The summed E-state index contributed by atoms with van der Waals surface area (Å²) in [5, 5.41) is 13.2. The van der Waals surface area contributed by atoms with Crippen LogP contribution in [0.2, 0.25) is 0 Å². The molecule has 0 saturated carbocycles. The first-order valence-corrected chi connectivity index (χ1v) is 5.22. The zero-order valence-corrected chi connectivity index (χ0v) is 10.2. The third-order valence-corrected chi connectivity index (χ3v) is 2.18. The number of nitrogens with one attached hydrogen (secondary N) is 1. The highest BCUT2D eigenvalue weighted by Gasteiger charge is 2.31. The molecule has 3 N–H and O–H groups in total. The number of nitrogens with two attached hydrogens (primary N) is 1. The van der Waals surface area contributed by atoms with Crippen LogP contribution in [0.3, 0.4) is 0 Å². The molecule has 19 heavy (non-hydrogen) atoms. The standard InChI is InChI=1S/C9H12F3N5O2/c1-4(3-9(10,11)12)14-7-6(17(18)19)5(2)15-8(13)16-7/h4H,3H2,1-2H3,(H3,13,14,15,16). The highest BCUT2D eigenvalue weighted by Crippen LogP contribution is 2.28. The first-order chi connectivity index (χ1) is 8.60. The van der Waals surface area contributed by atoms with Crippen LogP contribution in [0.1, 0.15) is 19.0 Å². The Morgan fingerprint density at radius 2 is 2.05 bits per heavy atom. The molecule has 0 bridgehead atoms. The molecule has 106 valence electrons. The maximum atomic E-state index is 12.2. The Hall–Kier alpha value is -2.13. The lowest BCUT2D eigenvalue weighted by atomic mass is 10.2. The Balaban J connectivity index is 3.03. The van der Waals surface area contributed by atoms with Crippen molar-refractivity contribution in [3.8, 4) is 0 Å². The molecule has 1 unspecified atom stereocenters.